The van der Waals surface area contributed by atoms with Gasteiger partial charge in [-0.05, 0) is 44.9 Å². The third kappa shape index (κ3) is 7.00. The molecule has 1 aromatic rings. The summed E-state index contributed by atoms with van der Waals surface area (Å²) in [6.45, 7) is 8.57. The second-order valence-electron chi connectivity index (χ2n) is 6.45. The SMILES string of the molecule is CCN(CC1CCN(c2ccccn2)CC1)C(=O)C(C)CNC.Cl.Cl. The Kier molecular flexibility index (Phi) is 11.8. The number of aromatic nitrogens is 1. The summed E-state index contributed by atoms with van der Waals surface area (Å²) >= 11 is 0. The van der Waals surface area contributed by atoms with E-state index in [4.69, 9.17) is 0 Å². The highest BCUT2D eigenvalue weighted by Gasteiger charge is 2.25. The third-order valence-electron chi connectivity index (χ3n) is 4.69. The molecule has 25 heavy (non-hydrogen) atoms. The molecule has 1 aromatic heterocycles. The molecule has 0 aromatic carbocycles. The summed E-state index contributed by atoms with van der Waals surface area (Å²) in [7, 11) is 1.90. The highest BCUT2D eigenvalue weighted by atomic mass is 35.5. The normalized spacial score (nSPS) is 15.7. The van der Waals surface area contributed by atoms with Crippen molar-refractivity contribution in [2.45, 2.75) is 26.7 Å². The van der Waals surface area contributed by atoms with Crippen LogP contribution in [-0.4, -0.2) is 55.6 Å². The Morgan fingerprint density at radius 1 is 1.36 bits per heavy atom. The Hall–Kier alpha value is -1.04. The van der Waals surface area contributed by atoms with Crippen molar-refractivity contribution in [3.63, 3.8) is 0 Å². The van der Waals surface area contributed by atoms with Gasteiger partial charge in [-0.25, -0.2) is 4.98 Å². The molecule has 5 nitrogen and oxygen atoms in total. The Morgan fingerprint density at radius 3 is 2.56 bits per heavy atom. The Bertz CT molecular complexity index is 481. The average molecular weight is 391 g/mol. The van der Waals surface area contributed by atoms with Crippen molar-refractivity contribution in [3.8, 4) is 0 Å². The molecule has 1 fully saturated rings. The minimum absolute atomic E-state index is 0. The van der Waals surface area contributed by atoms with Crippen LogP contribution in [0.4, 0.5) is 5.82 Å². The van der Waals surface area contributed by atoms with E-state index in [-0.39, 0.29) is 36.6 Å². The van der Waals surface area contributed by atoms with Crippen LogP contribution < -0.4 is 10.2 Å². The van der Waals surface area contributed by atoms with Crippen LogP contribution in [0.2, 0.25) is 0 Å². The Labute approximate surface area is 164 Å². The summed E-state index contributed by atoms with van der Waals surface area (Å²) in [5.74, 6) is 1.99. The van der Waals surface area contributed by atoms with Crippen LogP contribution >= 0.6 is 24.8 Å². The number of carbonyl (C=O) groups is 1. The van der Waals surface area contributed by atoms with Gasteiger partial charge in [0.1, 0.15) is 5.82 Å². The number of pyridine rings is 1. The molecule has 0 saturated carbocycles. The minimum Gasteiger partial charge on any atom is -0.357 e. The maximum atomic E-state index is 12.5. The first-order valence-corrected chi connectivity index (χ1v) is 8.75. The highest BCUT2D eigenvalue weighted by molar-refractivity contribution is 5.85. The van der Waals surface area contributed by atoms with Crippen molar-refractivity contribution in [1.82, 2.24) is 15.2 Å². The van der Waals surface area contributed by atoms with Crippen molar-refractivity contribution in [2.75, 3.05) is 44.7 Å². The molecule has 1 unspecified atom stereocenters. The zero-order chi connectivity index (χ0) is 16.7. The summed E-state index contributed by atoms with van der Waals surface area (Å²) < 4.78 is 0. The van der Waals surface area contributed by atoms with Gasteiger partial charge in [-0.15, -0.1) is 24.8 Å². The fraction of sp³-hybridized carbons (Fsp3) is 0.667. The van der Waals surface area contributed by atoms with E-state index in [9.17, 15) is 4.79 Å². The first kappa shape index (κ1) is 24.0. The summed E-state index contributed by atoms with van der Waals surface area (Å²) in [5.41, 5.74) is 0. The lowest BCUT2D eigenvalue weighted by Gasteiger charge is -2.35. The number of nitrogens with zero attached hydrogens (tertiary/aromatic N) is 3. The first-order chi connectivity index (χ1) is 11.2. The lowest BCUT2D eigenvalue weighted by Crippen LogP contribution is -2.44. The van der Waals surface area contributed by atoms with Gasteiger partial charge in [0.15, 0.2) is 0 Å². The summed E-state index contributed by atoms with van der Waals surface area (Å²) in [5, 5.41) is 3.09. The predicted octanol–water partition coefficient (Wildman–Crippen LogP) is 2.85. The van der Waals surface area contributed by atoms with Crippen molar-refractivity contribution < 1.29 is 4.79 Å². The van der Waals surface area contributed by atoms with Crippen molar-refractivity contribution in [2.24, 2.45) is 11.8 Å². The number of anilines is 1. The van der Waals surface area contributed by atoms with Crippen LogP contribution in [-0.2, 0) is 4.79 Å². The lowest BCUT2D eigenvalue weighted by molar-refractivity contribution is -0.135. The number of nitrogens with one attached hydrogen (secondary N) is 1. The number of carbonyl (C=O) groups excluding carboxylic acids is 1. The monoisotopic (exact) mass is 390 g/mol. The van der Waals surface area contributed by atoms with Gasteiger partial charge in [0.05, 0.1) is 0 Å². The second kappa shape index (κ2) is 12.3. The zero-order valence-electron chi connectivity index (χ0n) is 15.5. The van der Waals surface area contributed by atoms with Gasteiger partial charge in [0.25, 0.3) is 0 Å². The average Bonchev–Trinajstić information content (AvgIpc) is 2.60. The quantitative estimate of drug-likeness (QED) is 0.777. The predicted molar refractivity (Wildman–Crippen MR) is 109 cm³/mol. The molecule has 7 heteroatoms. The fourth-order valence-electron chi connectivity index (χ4n) is 3.28. The van der Waals surface area contributed by atoms with Gasteiger partial charge in [0.2, 0.25) is 5.91 Å². The highest BCUT2D eigenvalue weighted by Crippen LogP contribution is 2.22. The van der Waals surface area contributed by atoms with E-state index in [0.29, 0.717) is 5.92 Å². The number of hydrogen-bond donors (Lipinski definition) is 1. The number of rotatable bonds is 7. The van der Waals surface area contributed by atoms with Gasteiger partial charge in [-0.2, -0.15) is 0 Å². The van der Waals surface area contributed by atoms with E-state index in [1.165, 1.54) is 0 Å². The molecule has 1 N–H and O–H groups in total. The molecule has 1 amide bonds. The third-order valence-corrected chi connectivity index (χ3v) is 4.69. The molecule has 0 radical (unpaired) electrons. The topological polar surface area (TPSA) is 48.5 Å². The molecule has 0 bridgehead atoms. The van der Waals surface area contributed by atoms with Crippen molar-refractivity contribution in [3.05, 3.63) is 24.4 Å². The summed E-state index contributed by atoms with van der Waals surface area (Å²) in [6, 6.07) is 6.06. The molecule has 2 rings (SSSR count). The van der Waals surface area contributed by atoms with Crippen LogP contribution in [0.3, 0.4) is 0 Å². The van der Waals surface area contributed by atoms with Crippen molar-refractivity contribution >= 4 is 36.5 Å². The van der Waals surface area contributed by atoms with Crippen LogP contribution in [0.15, 0.2) is 24.4 Å². The van der Waals surface area contributed by atoms with Gasteiger partial charge in [-0.1, -0.05) is 13.0 Å². The van der Waals surface area contributed by atoms with Crippen LogP contribution in [0, 0.1) is 11.8 Å². The van der Waals surface area contributed by atoms with Crippen LogP contribution in [0.5, 0.6) is 0 Å². The molecule has 144 valence electrons. The minimum atomic E-state index is 0. The molecule has 1 saturated heterocycles. The fourth-order valence-corrected chi connectivity index (χ4v) is 3.28. The zero-order valence-corrected chi connectivity index (χ0v) is 17.1. The van der Waals surface area contributed by atoms with E-state index in [2.05, 4.69) is 28.2 Å². The van der Waals surface area contributed by atoms with Crippen LogP contribution in [0.1, 0.15) is 26.7 Å². The van der Waals surface area contributed by atoms with E-state index in [1.807, 2.05) is 37.2 Å². The molecular weight excluding hydrogens is 359 g/mol. The van der Waals surface area contributed by atoms with Gasteiger partial charge >= 0.3 is 0 Å². The standard InChI is InChI=1S/C18H30N4O.2ClH/c1-4-21(18(23)15(2)13-19-3)14-16-8-11-22(12-9-16)17-7-5-6-10-20-17;;/h5-7,10,15-16,19H,4,8-9,11-14H2,1-3H3;2*1H. The molecule has 2 heterocycles. The Morgan fingerprint density at radius 2 is 2.04 bits per heavy atom. The van der Waals surface area contributed by atoms with E-state index in [1.54, 1.807) is 0 Å². The maximum absolute atomic E-state index is 12.5. The molecule has 1 atom stereocenters. The summed E-state index contributed by atoms with van der Waals surface area (Å²) in [6.07, 6.45) is 4.10. The van der Waals surface area contributed by atoms with Gasteiger partial charge in [-0.3, -0.25) is 4.79 Å². The smallest absolute Gasteiger partial charge is 0.226 e. The summed E-state index contributed by atoms with van der Waals surface area (Å²) in [4.78, 5) is 21.3. The van der Waals surface area contributed by atoms with E-state index >= 15 is 0 Å². The number of halogens is 2. The number of hydrogen-bond acceptors (Lipinski definition) is 4. The number of piperidine rings is 1. The second-order valence-corrected chi connectivity index (χ2v) is 6.45. The molecule has 0 spiro atoms. The molecule has 0 aliphatic carbocycles. The largest absolute Gasteiger partial charge is 0.357 e. The van der Waals surface area contributed by atoms with Gasteiger partial charge in [0, 0.05) is 44.8 Å². The first-order valence-electron chi connectivity index (χ1n) is 8.75. The van der Waals surface area contributed by atoms with E-state index in [0.717, 1.165) is 51.4 Å². The van der Waals surface area contributed by atoms with Crippen molar-refractivity contribution in [1.29, 1.82) is 0 Å². The maximum Gasteiger partial charge on any atom is 0.226 e. The molecule has 1 aliphatic rings. The molecular formula is C18H32Cl2N4O. The molecule has 1 aliphatic heterocycles. The number of amides is 1. The van der Waals surface area contributed by atoms with E-state index < -0.39 is 0 Å². The van der Waals surface area contributed by atoms with Crippen LogP contribution in [0.25, 0.3) is 0 Å². The van der Waals surface area contributed by atoms with Gasteiger partial charge < -0.3 is 15.1 Å². The Balaban J connectivity index is 0.00000288. The lowest BCUT2D eigenvalue weighted by atomic mass is 9.95.